The van der Waals surface area contributed by atoms with Crippen LogP contribution in [0.25, 0.3) is 10.9 Å². The fourth-order valence-corrected chi connectivity index (χ4v) is 1.52. The standard InChI is InChI=1S/C10H6F3N3O3/c11-10(12,13)9(19)14-4-2-1-3-5-6(4)7(8(17)18)16-15-5/h1-3H,(H,14,19)(H,15,16)(H,17,18). The number of aromatic carboxylic acids is 1. The zero-order valence-electron chi connectivity index (χ0n) is 9.08. The molecule has 100 valence electrons. The number of amides is 1. The highest BCUT2D eigenvalue weighted by Crippen LogP contribution is 2.27. The van der Waals surface area contributed by atoms with Crippen molar-refractivity contribution in [2.24, 2.45) is 0 Å². The number of aromatic nitrogens is 2. The largest absolute Gasteiger partial charge is 0.476 e. The van der Waals surface area contributed by atoms with Crippen LogP contribution in [0, 0.1) is 0 Å². The minimum Gasteiger partial charge on any atom is -0.476 e. The number of H-pyrrole nitrogens is 1. The van der Waals surface area contributed by atoms with E-state index < -0.39 is 23.7 Å². The Kier molecular flexibility index (Phi) is 2.89. The van der Waals surface area contributed by atoms with E-state index in [-0.39, 0.29) is 16.6 Å². The van der Waals surface area contributed by atoms with Crippen LogP contribution in [0.1, 0.15) is 10.5 Å². The fraction of sp³-hybridized carbons (Fsp3) is 0.100. The monoisotopic (exact) mass is 273 g/mol. The van der Waals surface area contributed by atoms with Gasteiger partial charge in [-0.3, -0.25) is 9.89 Å². The zero-order valence-corrected chi connectivity index (χ0v) is 9.08. The summed E-state index contributed by atoms with van der Waals surface area (Å²) >= 11 is 0. The number of nitrogens with zero attached hydrogens (tertiary/aromatic N) is 1. The summed E-state index contributed by atoms with van der Waals surface area (Å²) in [5.74, 6) is -3.60. The number of carbonyl (C=O) groups is 2. The van der Waals surface area contributed by atoms with Gasteiger partial charge in [0.1, 0.15) is 0 Å². The number of carbonyl (C=O) groups excluding carboxylic acids is 1. The van der Waals surface area contributed by atoms with E-state index in [0.29, 0.717) is 0 Å². The van der Waals surface area contributed by atoms with Crippen LogP contribution < -0.4 is 5.32 Å². The van der Waals surface area contributed by atoms with Crippen molar-refractivity contribution < 1.29 is 27.9 Å². The number of nitrogens with one attached hydrogen (secondary N) is 2. The molecule has 0 saturated heterocycles. The maximum Gasteiger partial charge on any atom is 0.471 e. The molecule has 1 aromatic heterocycles. The molecule has 0 atom stereocenters. The van der Waals surface area contributed by atoms with Crippen molar-refractivity contribution in [3.63, 3.8) is 0 Å². The lowest BCUT2D eigenvalue weighted by molar-refractivity contribution is -0.167. The predicted molar refractivity (Wildman–Crippen MR) is 57.7 cm³/mol. The van der Waals surface area contributed by atoms with Gasteiger partial charge in [-0.2, -0.15) is 18.3 Å². The Morgan fingerprint density at radius 1 is 1.32 bits per heavy atom. The van der Waals surface area contributed by atoms with Gasteiger partial charge in [0, 0.05) is 0 Å². The highest BCUT2D eigenvalue weighted by molar-refractivity contribution is 6.10. The van der Waals surface area contributed by atoms with E-state index in [1.807, 2.05) is 0 Å². The lowest BCUT2D eigenvalue weighted by atomic mass is 10.1. The first kappa shape index (κ1) is 12.9. The van der Waals surface area contributed by atoms with Crippen molar-refractivity contribution in [1.82, 2.24) is 10.2 Å². The molecule has 1 amide bonds. The maximum atomic E-state index is 12.2. The minimum absolute atomic E-state index is 0.0902. The summed E-state index contributed by atoms with van der Waals surface area (Å²) in [7, 11) is 0. The van der Waals surface area contributed by atoms with Gasteiger partial charge >= 0.3 is 18.1 Å². The number of benzene rings is 1. The third-order valence-electron chi connectivity index (χ3n) is 2.30. The second-order valence-electron chi connectivity index (χ2n) is 3.56. The first-order chi connectivity index (χ1) is 8.80. The van der Waals surface area contributed by atoms with Gasteiger partial charge in [0.2, 0.25) is 0 Å². The molecule has 0 bridgehead atoms. The number of carboxylic acid groups (broad SMARTS) is 1. The molecule has 0 aliphatic carbocycles. The quantitative estimate of drug-likeness (QED) is 0.777. The SMILES string of the molecule is O=C(O)c1n[nH]c2cccc(NC(=O)C(F)(F)F)c12. The van der Waals surface area contributed by atoms with Gasteiger partial charge in [0.25, 0.3) is 0 Å². The van der Waals surface area contributed by atoms with Gasteiger partial charge in [-0.15, -0.1) is 0 Å². The minimum atomic E-state index is -5.06. The van der Waals surface area contributed by atoms with Crippen LogP contribution in [0.4, 0.5) is 18.9 Å². The molecule has 0 aliphatic heterocycles. The number of carboxylic acids is 1. The number of rotatable bonds is 2. The van der Waals surface area contributed by atoms with Crippen LogP contribution in [-0.4, -0.2) is 33.4 Å². The molecule has 0 unspecified atom stereocenters. The molecule has 6 nitrogen and oxygen atoms in total. The van der Waals surface area contributed by atoms with Crippen LogP contribution >= 0.6 is 0 Å². The van der Waals surface area contributed by atoms with E-state index in [2.05, 4.69) is 10.2 Å². The third-order valence-corrected chi connectivity index (χ3v) is 2.30. The molecule has 0 saturated carbocycles. The highest BCUT2D eigenvalue weighted by atomic mass is 19.4. The van der Waals surface area contributed by atoms with Gasteiger partial charge < -0.3 is 10.4 Å². The van der Waals surface area contributed by atoms with Gasteiger partial charge in [-0.1, -0.05) is 6.07 Å². The number of aromatic amines is 1. The Morgan fingerprint density at radius 2 is 2.00 bits per heavy atom. The van der Waals surface area contributed by atoms with E-state index in [0.717, 1.165) is 6.07 Å². The Bertz CT molecular complexity index is 663. The Morgan fingerprint density at radius 3 is 2.58 bits per heavy atom. The lowest BCUT2D eigenvalue weighted by Gasteiger charge is -2.08. The summed E-state index contributed by atoms with van der Waals surface area (Å²) in [5, 5.41) is 16.2. The summed E-state index contributed by atoms with van der Waals surface area (Å²) in [6.45, 7) is 0. The molecule has 2 rings (SSSR count). The molecule has 9 heteroatoms. The maximum absolute atomic E-state index is 12.2. The summed E-state index contributed by atoms with van der Waals surface area (Å²) in [4.78, 5) is 21.8. The summed E-state index contributed by atoms with van der Waals surface area (Å²) in [6.07, 6.45) is -5.06. The third kappa shape index (κ3) is 2.34. The van der Waals surface area contributed by atoms with Crippen LogP contribution in [0.3, 0.4) is 0 Å². The van der Waals surface area contributed by atoms with Crippen LogP contribution in [-0.2, 0) is 4.79 Å². The molecule has 19 heavy (non-hydrogen) atoms. The topological polar surface area (TPSA) is 95.1 Å². The number of fused-ring (bicyclic) bond motifs is 1. The second-order valence-corrected chi connectivity index (χ2v) is 3.56. The second kappa shape index (κ2) is 4.26. The summed E-state index contributed by atoms with van der Waals surface area (Å²) in [6, 6.07) is 3.95. The van der Waals surface area contributed by atoms with Crippen LogP contribution in [0.5, 0.6) is 0 Å². The molecular formula is C10H6F3N3O3. The van der Waals surface area contributed by atoms with Gasteiger partial charge in [-0.25, -0.2) is 4.79 Å². The van der Waals surface area contributed by atoms with Gasteiger partial charge in [0.15, 0.2) is 5.69 Å². The fourth-order valence-electron chi connectivity index (χ4n) is 1.52. The molecule has 2 aromatic rings. The Hall–Kier alpha value is -2.58. The Balaban J connectivity index is 2.52. The van der Waals surface area contributed by atoms with Crippen molar-refractivity contribution in [2.45, 2.75) is 6.18 Å². The molecule has 0 fully saturated rings. The summed E-state index contributed by atoms with van der Waals surface area (Å²) in [5.41, 5.74) is -0.531. The van der Waals surface area contributed by atoms with Crippen molar-refractivity contribution >= 4 is 28.5 Å². The van der Waals surface area contributed by atoms with Crippen molar-refractivity contribution in [1.29, 1.82) is 0 Å². The van der Waals surface area contributed by atoms with Crippen molar-refractivity contribution in [2.75, 3.05) is 5.32 Å². The average Bonchev–Trinajstić information content (AvgIpc) is 2.72. The van der Waals surface area contributed by atoms with Gasteiger partial charge in [0.05, 0.1) is 16.6 Å². The molecular weight excluding hydrogens is 267 g/mol. The van der Waals surface area contributed by atoms with Crippen LogP contribution in [0.15, 0.2) is 18.2 Å². The van der Waals surface area contributed by atoms with E-state index in [9.17, 15) is 22.8 Å². The predicted octanol–water partition coefficient (Wildman–Crippen LogP) is 1.76. The molecule has 3 N–H and O–H groups in total. The number of hydrogen-bond acceptors (Lipinski definition) is 3. The normalized spacial score (nSPS) is 11.5. The molecule has 0 spiro atoms. The van der Waals surface area contributed by atoms with Crippen molar-refractivity contribution in [3.05, 3.63) is 23.9 Å². The molecule has 1 aromatic carbocycles. The van der Waals surface area contributed by atoms with E-state index >= 15 is 0 Å². The number of hydrogen-bond donors (Lipinski definition) is 3. The average molecular weight is 273 g/mol. The lowest BCUT2D eigenvalue weighted by Crippen LogP contribution is -2.30. The summed E-state index contributed by atoms with van der Waals surface area (Å²) < 4.78 is 36.5. The Labute approximate surface area is 103 Å². The van der Waals surface area contributed by atoms with Crippen LogP contribution in [0.2, 0.25) is 0 Å². The highest BCUT2D eigenvalue weighted by Gasteiger charge is 2.39. The smallest absolute Gasteiger partial charge is 0.471 e. The zero-order chi connectivity index (χ0) is 14.2. The van der Waals surface area contributed by atoms with Gasteiger partial charge in [-0.05, 0) is 12.1 Å². The molecule has 1 heterocycles. The molecule has 0 radical (unpaired) electrons. The molecule has 0 aliphatic rings. The van der Waals surface area contributed by atoms with Crippen molar-refractivity contribution in [3.8, 4) is 0 Å². The number of halogens is 3. The number of anilines is 1. The van der Waals surface area contributed by atoms with E-state index in [4.69, 9.17) is 5.11 Å². The van der Waals surface area contributed by atoms with E-state index in [1.165, 1.54) is 12.1 Å². The van der Waals surface area contributed by atoms with E-state index in [1.54, 1.807) is 5.32 Å². The first-order valence-corrected chi connectivity index (χ1v) is 4.89. The number of alkyl halides is 3. The first-order valence-electron chi connectivity index (χ1n) is 4.89.